The molecular weight excluding hydrogens is 205 g/mol. The third kappa shape index (κ3) is 1.79. The normalized spacial score (nSPS) is 10.3. The van der Waals surface area contributed by atoms with Crippen LogP contribution in [0.15, 0.2) is 24.3 Å². The van der Waals surface area contributed by atoms with Gasteiger partial charge in [0.15, 0.2) is 0 Å². The van der Waals surface area contributed by atoms with Crippen molar-refractivity contribution in [1.29, 1.82) is 0 Å². The Morgan fingerprint density at radius 3 is 2.73 bits per heavy atom. The van der Waals surface area contributed by atoms with E-state index in [4.69, 9.17) is 8.53 Å². The second-order valence-corrected chi connectivity index (χ2v) is 3.47. The Balaban J connectivity index is 2.82. The average molecular weight is 215 g/mol. The molecule has 2 rings (SSSR count). The summed E-state index contributed by atoms with van der Waals surface area (Å²) in [5, 5.41) is 0.961. The highest BCUT2D eigenvalue weighted by Crippen LogP contribution is 2.30. The fourth-order valence-corrected chi connectivity index (χ4v) is 1.77. The Hall–Kier alpha value is -1.24. The van der Waals surface area contributed by atoms with Crippen LogP contribution in [0, 0.1) is 6.92 Å². The molecular formula is C11H10AlNO2. The van der Waals surface area contributed by atoms with Crippen LogP contribution < -0.4 is 8.53 Å². The van der Waals surface area contributed by atoms with Gasteiger partial charge in [-0.25, -0.2) is 4.98 Å². The second kappa shape index (κ2) is 4.10. The minimum atomic E-state index is 0.736. The Bertz CT molecular complexity index is 499. The van der Waals surface area contributed by atoms with Crippen molar-refractivity contribution >= 4 is 27.5 Å². The van der Waals surface area contributed by atoms with E-state index in [2.05, 4.69) is 21.6 Å². The van der Waals surface area contributed by atoms with E-state index >= 15 is 0 Å². The van der Waals surface area contributed by atoms with Crippen LogP contribution in [0.25, 0.3) is 10.9 Å². The standard InChI is InChI=1S/C11H11NO2.Al/c1-7-6-10(14-2)8-4-3-5-9(13)11(8)12-7;/h3-6,13H,1-2H3;/q;+1/p-1. The number of nitrogens with zero attached hydrogens (tertiary/aromatic N) is 1. The lowest BCUT2D eigenvalue weighted by Gasteiger charge is -2.10. The number of aromatic nitrogens is 1. The van der Waals surface area contributed by atoms with E-state index in [-0.39, 0.29) is 0 Å². The molecule has 2 aromatic rings. The van der Waals surface area contributed by atoms with Crippen molar-refractivity contribution in [3.8, 4) is 11.5 Å². The van der Waals surface area contributed by atoms with Crippen LogP contribution in [0.1, 0.15) is 5.69 Å². The molecule has 74 valence electrons. The highest BCUT2D eigenvalue weighted by Gasteiger charge is 2.07. The van der Waals surface area contributed by atoms with Gasteiger partial charge in [-0.2, -0.15) is 0 Å². The molecule has 0 bridgehead atoms. The molecule has 15 heavy (non-hydrogen) atoms. The number of para-hydroxylation sites is 1. The molecule has 3 nitrogen and oxygen atoms in total. The summed E-state index contributed by atoms with van der Waals surface area (Å²) in [6.45, 7) is 1.93. The first-order chi connectivity index (χ1) is 7.26. The fraction of sp³-hybridized carbons (Fsp3) is 0.182. The lowest BCUT2D eigenvalue weighted by Crippen LogP contribution is -1.93. The number of methoxy groups -OCH3 is 1. The number of benzene rings is 1. The molecule has 0 aliphatic heterocycles. The quantitative estimate of drug-likeness (QED) is 0.718. The van der Waals surface area contributed by atoms with Gasteiger partial charge in [0.25, 0.3) is 0 Å². The van der Waals surface area contributed by atoms with Gasteiger partial charge in [-0.15, -0.1) is 0 Å². The second-order valence-electron chi connectivity index (χ2n) is 3.24. The SMILES string of the molecule is COc1cc(C)nc2c([O][Al])cccc12. The van der Waals surface area contributed by atoms with Crippen LogP contribution >= 0.6 is 0 Å². The minimum absolute atomic E-state index is 0.736. The van der Waals surface area contributed by atoms with Crippen molar-refractivity contribution in [2.24, 2.45) is 0 Å². The van der Waals surface area contributed by atoms with Crippen LogP contribution in [0.5, 0.6) is 11.5 Å². The Morgan fingerprint density at radius 2 is 2.07 bits per heavy atom. The van der Waals surface area contributed by atoms with Crippen molar-refractivity contribution in [3.05, 3.63) is 30.0 Å². The summed E-state index contributed by atoms with van der Waals surface area (Å²) in [5.74, 6) is 1.56. The van der Waals surface area contributed by atoms with Gasteiger partial charge in [0, 0.05) is 17.1 Å². The molecule has 2 radical (unpaired) electrons. The van der Waals surface area contributed by atoms with Crippen molar-refractivity contribution in [3.63, 3.8) is 0 Å². The molecule has 0 amide bonds. The van der Waals surface area contributed by atoms with E-state index in [1.54, 1.807) is 7.11 Å². The Labute approximate surface area is 96.8 Å². The number of rotatable bonds is 2. The molecule has 0 N–H and O–H groups in total. The summed E-state index contributed by atoms with van der Waals surface area (Å²) in [5.41, 5.74) is 1.73. The summed E-state index contributed by atoms with van der Waals surface area (Å²) in [6.07, 6.45) is 0. The van der Waals surface area contributed by atoms with Crippen LogP contribution in [-0.2, 0) is 0 Å². The average Bonchev–Trinajstić information content (AvgIpc) is 2.27. The fourth-order valence-electron chi connectivity index (χ4n) is 1.58. The molecule has 0 aliphatic rings. The van der Waals surface area contributed by atoms with Gasteiger partial charge in [0.05, 0.1) is 7.11 Å². The van der Waals surface area contributed by atoms with E-state index in [1.165, 1.54) is 0 Å². The molecule has 0 fully saturated rings. The molecule has 4 heteroatoms. The molecule has 1 aromatic carbocycles. The summed E-state index contributed by atoms with van der Waals surface area (Å²) >= 11 is 2.23. The van der Waals surface area contributed by atoms with E-state index in [1.807, 2.05) is 31.2 Å². The van der Waals surface area contributed by atoms with Crippen LogP contribution in [0.3, 0.4) is 0 Å². The first kappa shape index (κ1) is 10.3. The summed E-state index contributed by atoms with van der Waals surface area (Å²) < 4.78 is 10.5. The number of hydrogen-bond donors (Lipinski definition) is 0. The van der Waals surface area contributed by atoms with Gasteiger partial charge in [0.2, 0.25) is 0 Å². The van der Waals surface area contributed by atoms with E-state index in [9.17, 15) is 0 Å². The molecule has 1 aromatic heterocycles. The smallest absolute Gasteiger partial charge is 0.482 e. The van der Waals surface area contributed by atoms with Crippen molar-refractivity contribution in [2.45, 2.75) is 6.92 Å². The minimum Gasteiger partial charge on any atom is -0.652 e. The maximum Gasteiger partial charge on any atom is 0.482 e. The van der Waals surface area contributed by atoms with Crippen LogP contribution in [0.4, 0.5) is 0 Å². The Morgan fingerprint density at radius 1 is 1.27 bits per heavy atom. The third-order valence-electron chi connectivity index (χ3n) is 2.24. The molecule has 1 heterocycles. The lowest BCUT2D eigenvalue weighted by molar-refractivity contribution is 0.419. The topological polar surface area (TPSA) is 31.4 Å². The first-order valence-electron chi connectivity index (χ1n) is 4.57. The zero-order valence-corrected chi connectivity index (χ0v) is 9.81. The predicted molar refractivity (Wildman–Crippen MR) is 59.4 cm³/mol. The number of hydrogen-bond acceptors (Lipinski definition) is 3. The number of ether oxygens (including phenoxy) is 1. The van der Waals surface area contributed by atoms with Gasteiger partial charge in [0.1, 0.15) is 17.0 Å². The molecule has 0 saturated carbocycles. The predicted octanol–water partition coefficient (Wildman–Crippen LogP) is 2.01. The maximum atomic E-state index is 5.31. The monoisotopic (exact) mass is 215 g/mol. The molecule has 0 aliphatic carbocycles. The molecule has 0 atom stereocenters. The third-order valence-corrected chi connectivity index (χ3v) is 2.49. The molecule has 0 unspecified atom stereocenters. The van der Waals surface area contributed by atoms with Crippen LogP contribution in [0.2, 0.25) is 0 Å². The summed E-state index contributed by atoms with van der Waals surface area (Å²) in [6, 6.07) is 7.67. The van der Waals surface area contributed by atoms with Gasteiger partial charge < -0.3 is 8.53 Å². The van der Waals surface area contributed by atoms with Gasteiger partial charge in [-0.3, -0.25) is 0 Å². The van der Waals surface area contributed by atoms with Gasteiger partial charge in [-0.1, -0.05) is 6.07 Å². The van der Waals surface area contributed by atoms with Crippen LogP contribution in [-0.4, -0.2) is 28.7 Å². The van der Waals surface area contributed by atoms with E-state index in [0.29, 0.717) is 0 Å². The molecule has 0 spiro atoms. The highest BCUT2D eigenvalue weighted by atomic mass is 27.1. The van der Waals surface area contributed by atoms with E-state index in [0.717, 1.165) is 28.1 Å². The summed E-state index contributed by atoms with van der Waals surface area (Å²) in [4.78, 5) is 4.44. The molecule has 0 saturated heterocycles. The Kier molecular flexibility index (Phi) is 2.81. The van der Waals surface area contributed by atoms with Gasteiger partial charge >= 0.3 is 16.6 Å². The van der Waals surface area contributed by atoms with Crippen molar-refractivity contribution < 1.29 is 8.53 Å². The van der Waals surface area contributed by atoms with Crippen molar-refractivity contribution in [2.75, 3.05) is 7.11 Å². The maximum absolute atomic E-state index is 5.31. The highest BCUT2D eigenvalue weighted by molar-refractivity contribution is 6.02. The number of fused-ring (bicyclic) bond motifs is 1. The number of pyridine rings is 1. The largest absolute Gasteiger partial charge is 0.652 e. The zero-order chi connectivity index (χ0) is 10.8. The number of aryl methyl sites for hydroxylation is 1. The first-order valence-corrected chi connectivity index (χ1v) is 5.04. The lowest BCUT2D eigenvalue weighted by atomic mass is 10.1. The van der Waals surface area contributed by atoms with E-state index < -0.39 is 0 Å². The van der Waals surface area contributed by atoms with Gasteiger partial charge in [-0.05, 0) is 19.1 Å². The van der Waals surface area contributed by atoms with Crippen molar-refractivity contribution in [1.82, 2.24) is 4.98 Å². The zero-order valence-electron chi connectivity index (χ0n) is 8.65. The summed E-state index contributed by atoms with van der Waals surface area (Å²) in [7, 11) is 1.66.